The lowest BCUT2D eigenvalue weighted by Gasteiger charge is -2.20. The number of amides is 1. The zero-order chi connectivity index (χ0) is 16.3. The largest absolute Gasteiger partial charge is 0.481 e. The van der Waals surface area contributed by atoms with Crippen LogP contribution in [0.15, 0.2) is 16.9 Å². The first-order chi connectivity index (χ1) is 10.4. The van der Waals surface area contributed by atoms with Gasteiger partial charge in [0, 0.05) is 25.7 Å². The minimum absolute atomic E-state index is 0.164. The number of aromatic nitrogens is 2. The number of carboxylic acids is 1. The summed E-state index contributed by atoms with van der Waals surface area (Å²) in [5.41, 5.74) is -0.959. The number of unbranched alkanes of at least 4 members (excludes halogenated alkanes) is 1. The molecule has 1 fully saturated rings. The summed E-state index contributed by atoms with van der Waals surface area (Å²) in [6, 6.07) is 2.74. The van der Waals surface area contributed by atoms with Crippen molar-refractivity contribution in [1.29, 1.82) is 0 Å². The highest BCUT2D eigenvalue weighted by Crippen LogP contribution is 2.30. The van der Waals surface area contributed by atoms with E-state index in [4.69, 9.17) is 0 Å². The third kappa shape index (κ3) is 3.18. The number of aliphatic carboxylic acids is 1. The van der Waals surface area contributed by atoms with Crippen LogP contribution in [-0.4, -0.2) is 44.8 Å². The van der Waals surface area contributed by atoms with Gasteiger partial charge in [-0.25, -0.2) is 4.68 Å². The second-order valence-corrected chi connectivity index (χ2v) is 5.98. The van der Waals surface area contributed by atoms with Crippen LogP contribution in [0.4, 0.5) is 0 Å². The van der Waals surface area contributed by atoms with Gasteiger partial charge in [0.05, 0.1) is 5.41 Å². The van der Waals surface area contributed by atoms with E-state index >= 15 is 0 Å². The van der Waals surface area contributed by atoms with Crippen LogP contribution in [0.25, 0.3) is 0 Å². The number of aryl methyl sites for hydroxylation is 1. The minimum Gasteiger partial charge on any atom is -0.481 e. The zero-order valence-electron chi connectivity index (χ0n) is 12.9. The van der Waals surface area contributed by atoms with E-state index in [0.29, 0.717) is 19.5 Å². The van der Waals surface area contributed by atoms with E-state index in [1.54, 1.807) is 6.92 Å². The molecule has 1 aliphatic rings. The molecule has 7 nitrogen and oxygen atoms in total. The van der Waals surface area contributed by atoms with Gasteiger partial charge in [0.25, 0.3) is 11.5 Å². The lowest BCUT2D eigenvalue weighted by atomic mass is 9.90. The molecular formula is C15H21N3O4. The van der Waals surface area contributed by atoms with Gasteiger partial charge in [0.2, 0.25) is 0 Å². The van der Waals surface area contributed by atoms with Crippen LogP contribution in [0.1, 0.15) is 43.6 Å². The van der Waals surface area contributed by atoms with Crippen molar-refractivity contribution in [3.63, 3.8) is 0 Å². The van der Waals surface area contributed by atoms with Crippen molar-refractivity contribution in [2.45, 2.75) is 39.7 Å². The van der Waals surface area contributed by atoms with Crippen LogP contribution in [0, 0.1) is 5.41 Å². The molecule has 120 valence electrons. The number of carbonyl (C=O) groups excluding carboxylic acids is 1. The Hall–Kier alpha value is -2.18. The van der Waals surface area contributed by atoms with Crippen molar-refractivity contribution in [3.05, 3.63) is 28.2 Å². The summed E-state index contributed by atoms with van der Waals surface area (Å²) in [5.74, 6) is -1.22. The van der Waals surface area contributed by atoms with Gasteiger partial charge in [0.1, 0.15) is 5.69 Å². The molecule has 1 N–H and O–H groups in total. The standard InChI is InChI=1S/C15H21N3O4/c1-3-4-8-18-12(19)6-5-11(16-18)13(20)17-9-7-15(2,10-17)14(21)22/h5-6H,3-4,7-10H2,1-2H3,(H,21,22)/t15-/m0/s1. The van der Waals surface area contributed by atoms with Gasteiger partial charge in [0.15, 0.2) is 0 Å². The molecule has 0 bridgehead atoms. The van der Waals surface area contributed by atoms with Crippen molar-refractivity contribution >= 4 is 11.9 Å². The van der Waals surface area contributed by atoms with Crippen molar-refractivity contribution in [1.82, 2.24) is 14.7 Å². The number of likely N-dealkylation sites (tertiary alicyclic amines) is 1. The molecule has 1 aromatic rings. The number of rotatable bonds is 5. The zero-order valence-corrected chi connectivity index (χ0v) is 12.9. The van der Waals surface area contributed by atoms with Gasteiger partial charge in [-0.3, -0.25) is 14.4 Å². The maximum Gasteiger partial charge on any atom is 0.311 e. The van der Waals surface area contributed by atoms with Gasteiger partial charge < -0.3 is 10.0 Å². The average Bonchev–Trinajstić information content (AvgIpc) is 2.90. The molecule has 0 unspecified atom stereocenters. The van der Waals surface area contributed by atoms with E-state index in [9.17, 15) is 19.5 Å². The normalized spacial score (nSPS) is 21.1. The van der Waals surface area contributed by atoms with Crippen LogP contribution in [0.2, 0.25) is 0 Å². The highest BCUT2D eigenvalue weighted by atomic mass is 16.4. The summed E-state index contributed by atoms with van der Waals surface area (Å²) in [4.78, 5) is 36.9. The van der Waals surface area contributed by atoms with E-state index in [1.807, 2.05) is 6.92 Å². The Balaban J connectivity index is 2.17. The third-order valence-electron chi connectivity index (χ3n) is 4.09. The smallest absolute Gasteiger partial charge is 0.311 e. The van der Waals surface area contributed by atoms with E-state index in [1.165, 1.54) is 21.7 Å². The van der Waals surface area contributed by atoms with Crippen molar-refractivity contribution < 1.29 is 14.7 Å². The fraction of sp³-hybridized carbons (Fsp3) is 0.600. The van der Waals surface area contributed by atoms with Crippen LogP contribution >= 0.6 is 0 Å². The molecule has 1 atom stereocenters. The second-order valence-electron chi connectivity index (χ2n) is 5.98. The highest BCUT2D eigenvalue weighted by molar-refractivity contribution is 5.93. The first-order valence-electron chi connectivity index (χ1n) is 7.48. The fourth-order valence-electron chi connectivity index (χ4n) is 2.50. The molecule has 0 aliphatic carbocycles. The summed E-state index contributed by atoms with van der Waals surface area (Å²) in [7, 11) is 0. The van der Waals surface area contributed by atoms with Gasteiger partial charge in [-0.05, 0) is 25.8 Å². The second kappa shape index (κ2) is 6.29. The molecule has 0 saturated carbocycles. The lowest BCUT2D eigenvalue weighted by molar-refractivity contribution is -0.147. The molecule has 2 rings (SSSR count). The van der Waals surface area contributed by atoms with E-state index in [2.05, 4.69) is 5.10 Å². The summed E-state index contributed by atoms with van der Waals surface area (Å²) in [5, 5.41) is 13.3. The average molecular weight is 307 g/mol. The van der Waals surface area contributed by atoms with Gasteiger partial charge in [-0.2, -0.15) is 5.10 Å². The minimum atomic E-state index is -0.910. The fourth-order valence-corrected chi connectivity index (χ4v) is 2.50. The molecule has 1 aliphatic heterocycles. The van der Waals surface area contributed by atoms with Gasteiger partial charge in [-0.1, -0.05) is 13.3 Å². The first-order valence-corrected chi connectivity index (χ1v) is 7.48. The van der Waals surface area contributed by atoms with Crippen molar-refractivity contribution in [2.75, 3.05) is 13.1 Å². The monoisotopic (exact) mass is 307 g/mol. The number of hydrogen-bond acceptors (Lipinski definition) is 4. The molecule has 0 aromatic carbocycles. The lowest BCUT2D eigenvalue weighted by Crippen LogP contribution is -2.36. The Morgan fingerprint density at radius 3 is 2.73 bits per heavy atom. The van der Waals surface area contributed by atoms with Crippen LogP contribution in [0.5, 0.6) is 0 Å². The number of hydrogen-bond donors (Lipinski definition) is 1. The Morgan fingerprint density at radius 1 is 1.41 bits per heavy atom. The van der Waals surface area contributed by atoms with E-state index in [0.717, 1.165) is 12.8 Å². The summed E-state index contributed by atoms with van der Waals surface area (Å²) in [6.07, 6.45) is 2.16. The Kier molecular flexibility index (Phi) is 4.63. The molecule has 0 radical (unpaired) electrons. The SMILES string of the molecule is CCCCn1nc(C(=O)N2CC[C@](C)(C(=O)O)C2)ccc1=O. The van der Waals surface area contributed by atoms with Gasteiger partial charge in [-0.15, -0.1) is 0 Å². The Morgan fingerprint density at radius 2 is 2.14 bits per heavy atom. The quantitative estimate of drug-likeness (QED) is 0.875. The van der Waals surface area contributed by atoms with E-state index in [-0.39, 0.29) is 23.7 Å². The Bertz CT molecular complexity index is 640. The predicted molar refractivity (Wildman–Crippen MR) is 79.7 cm³/mol. The molecule has 22 heavy (non-hydrogen) atoms. The van der Waals surface area contributed by atoms with Crippen LogP contribution in [0.3, 0.4) is 0 Å². The number of carboxylic acid groups (broad SMARTS) is 1. The van der Waals surface area contributed by atoms with Gasteiger partial charge >= 0.3 is 5.97 Å². The predicted octanol–water partition coefficient (Wildman–Crippen LogP) is 0.980. The summed E-state index contributed by atoms with van der Waals surface area (Å²) in [6.45, 7) is 4.67. The first kappa shape index (κ1) is 16.2. The van der Waals surface area contributed by atoms with Crippen molar-refractivity contribution in [3.8, 4) is 0 Å². The molecule has 0 spiro atoms. The van der Waals surface area contributed by atoms with Crippen molar-refractivity contribution in [2.24, 2.45) is 5.41 Å². The molecule has 7 heteroatoms. The summed E-state index contributed by atoms with van der Waals surface area (Å²) < 4.78 is 1.29. The van der Waals surface area contributed by atoms with E-state index < -0.39 is 11.4 Å². The highest BCUT2D eigenvalue weighted by Gasteiger charge is 2.42. The molecular weight excluding hydrogens is 286 g/mol. The topological polar surface area (TPSA) is 92.5 Å². The molecule has 2 heterocycles. The number of nitrogens with zero attached hydrogens (tertiary/aromatic N) is 3. The molecule has 1 aromatic heterocycles. The summed E-state index contributed by atoms with van der Waals surface area (Å²) >= 11 is 0. The van der Waals surface area contributed by atoms with Crippen LogP contribution < -0.4 is 5.56 Å². The Labute approximate surface area is 128 Å². The van der Waals surface area contributed by atoms with Crippen LogP contribution in [-0.2, 0) is 11.3 Å². The maximum atomic E-state index is 12.4. The number of carbonyl (C=O) groups is 2. The molecule has 1 saturated heterocycles. The third-order valence-corrected chi connectivity index (χ3v) is 4.09. The maximum absolute atomic E-state index is 12.4. The molecule has 1 amide bonds.